The van der Waals surface area contributed by atoms with Crippen LogP contribution < -0.4 is 9.47 Å². The third kappa shape index (κ3) is 3.85. The summed E-state index contributed by atoms with van der Waals surface area (Å²) < 4.78 is 11.0. The van der Waals surface area contributed by atoms with Gasteiger partial charge in [-0.25, -0.2) is 0 Å². The molecule has 1 unspecified atom stereocenters. The smallest absolute Gasteiger partial charge is 0.264 e. The number of nitriles is 2. The van der Waals surface area contributed by atoms with Gasteiger partial charge >= 0.3 is 0 Å². The normalized spacial score (nSPS) is 16.8. The fourth-order valence-corrected chi connectivity index (χ4v) is 3.22. The molecule has 1 amide bonds. The third-order valence-corrected chi connectivity index (χ3v) is 4.81. The molecule has 1 aliphatic rings. The molecule has 1 fully saturated rings. The van der Waals surface area contributed by atoms with Crippen LogP contribution in [-0.4, -0.2) is 36.6 Å². The number of hydrogen-bond donors (Lipinski definition) is 0. The van der Waals surface area contributed by atoms with Gasteiger partial charge < -0.3 is 14.4 Å². The van der Waals surface area contributed by atoms with Crippen LogP contribution in [0.1, 0.15) is 44.6 Å². The van der Waals surface area contributed by atoms with Crippen LogP contribution in [0.25, 0.3) is 0 Å². The van der Waals surface area contributed by atoms with Crippen molar-refractivity contribution >= 4 is 5.91 Å². The summed E-state index contributed by atoms with van der Waals surface area (Å²) in [5.74, 6) is 0.550. The van der Waals surface area contributed by atoms with Gasteiger partial charge in [0.1, 0.15) is 5.54 Å². The molecule has 132 valence electrons. The highest BCUT2D eigenvalue weighted by Crippen LogP contribution is 2.34. The molecule has 0 saturated heterocycles. The molecule has 6 nitrogen and oxygen atoms in total. The molecule has 25 heavy (non-hydrogen) atoms. The van der Waals surface area contributed by atoms with E-state index in [9.17, 15) is 10.1 Å². The van der Waals surface area contributed by atoms with E-state index in [4.69, 9.17) is 14.7 Å². The van der Waals surface area contributed by atoms with Crippen molar-refractivity contribution in [3.05, 3.63) is 23.8 Å². The van der Waals surface area contributed by atoms with E-state index < -0.39 is 11.6 Å². The molecular formula is C19H23N3O3. The Balaban J connectivity index is 2.15. The zero-order valence-corrected chi connectivity index (χ0v) is 14.9. The lowest BCUT2D eigenvalue weighted by molar-refractivity contribution is -0.141. The number of carbonyl (C=O) groups is 1. The minimum absolute atomic E-state index is 0.241. The number of likely N-dealkylation sites (N-methyl/N-ethyl adjacent to an activating group) is 1. The molecule has 0 heterocycles. The second-order valence-electron chi connectivity index (χ2n) is 6.34. The quantitative estimate of drug-likeness (QED) is 0.821. The summed E-state index contributed by atoms with van der Waals surface area (Å²) in [7, 11) is 3.15. The molecule has 1 aromatic carbocycles. The Morgan fingerprint density at radius 3 is 2.48 bits per heavy atom. The monoisotopic (exact) mass is 341 g/mol. The summed E-state index contributed by atoms with van der Waals surface area (Å²) in [6.45, 7) is 1.66. The molecule has 6 heteroatoms. The van der Waals surface area contributed by atoms with Crippen LogP contribution in [-0.2, 0) is 4.79 Å². The topological polar surface area (TPSA) is 86.3 Å². The summed E-state index contributed by atoms with van der Waals surface area (Å²) in [6.07, 6.45) is 3.62. The third-order valence-electron chi connectivity index (χ3n) is 4.81. The zero-order valence-electron chi connectivity index (χ0n) is 14.9. The molecular weight excluding hydrogens is 318 g/mol. The Bertz CT molecular complexity index is 712. The Morgan fingerprint density at radius 1 is 1.24 bits per heavy atom. The first-order valence-corrected chi connectivity index (χ1v) is 8.41. The molecule has 0 radical (unpaired) electrons. The van der Waals surface area contributed by atoms with Gasteiger partial charge in [0, 0.05) is 13.1 Å². The standard InChI is InChI=1S/C19H23N3O3/c1-14(25-16-8-7-15(12-20)11-17(16)24-3)18(23)22(2)19(13-21)9-5-4-6-10-19/h7-8,11,14H,4-6,9-10H2,1-3H3. The second kappa shape index (κ2) is 7.90. The fraction of sp³-hybridized carbons (Fsp3) is 0.526. The minimum Gasteiger partial charge on any atom is -0.493 e. The lowest BCUT2D eigenvalue weighted by Gasteiger charge is -2.40. The fourth-order valence-electron chi connectivity index (χ4n) is 3.22. The van der Waals surface area contributed by atoms with Gasteiger partial charge in [-0.3, -0.25) is 4.79 Å². The molecule has 1 saturated carbocycles. The number of nitrogens with zero attached hydrogens (tertiary/aromatic N) is 3. The van der Waals surface area contributed by atoms with Gasteiger partial charge in [0.15, 0.2) is 17.6 Å². The largest absolute Gasteiger partial charge is 0.493 e. The van der Waals surface area contributed by atoms with Gasteiger partial charge in [-0.2, -0.15) is 10.5 Å². The molecule has 0 bridgehead atoms. The Hall–Kier alpha value is -2.73. The maximum atomic E-state index is 12.8. The van der Waals surface area contributed by atoms with E-state index in [-0.39, 0.29) is 5.91 Å². The Kier molecular flexibility index (Phi) is 5.88. The lowest BCUT2D eigenvalue weighted by Crippen LogP contribution is -2.53. The van der Waals surface area contributed by atoms with Crippen molar-refractivity contribution in [1.29, 1.82) is 10.5 Å². The van der Waals surface area contributed by atoms with Crippen molar-refractivity contribution < 1.29 is 14.3 Å². The SMILES string of the molecule is COc1cc(C#N)ccc1OC(C)C(=O)N(C)C1(C#N)CCCCC1. The highest BCUT2D eigenvalue weighted by atomic mass is 16.5. The lowest BCUT2D eigenvalue weighted by atomic mass is 9.81. The van der Waals surface area contributed by atoms with Gasteiger partial charge in [0.2, 0.25) is 0 Å². The maximum absolute atomic E-state index is 12.8. The van der Waals surface area contributed by atoms with E-state index in [1.54, 1.807) is 32.2 Å². The van der Waals surface area contributed by atoms with Gasteiger partial charge in [0.05, 0.1) is 24.8 Å². The Labute approximate surface area is 148 Å². The predicted octanol–water partition coefficient (Wildman–Crippen LogP) is 3.02. The average Bonchev–Trinajstić information content (AvgIpc) is 2.67. The molecule has 0 spiro atoms. The highest BCUT2D eigenvalue weighted by molar-refractivity contribution is 5.82. The summed E-state index contributed by atoms with van der Waals surface area (Å²) in [5.41, 5.74) is -0.298. The summed E-state index contributed by atoms with van der Waals surface area (Å²) in [6, 6.07) is 9.16. The van der Waals surface area contributed by atoms with E-state index in [1.807, 2.05) is 6.07 Å². The first-order chi connectivity index (χ1) is 12.0. The molecule has 1 aliphatic carbocycles. The molecule has 2 rings (SSSR count). The summed E-state index contributed by atoms with van der Waals surface area (Å²) in [5, 5.41) is 18.6. The van der Waals surface area contributed by atoms with Gasteiger partial charge in [-0.15, -0.1) is 0 Å². The number of hydrogen-bond acceptors (Lipinski definition) is 5. The van der Waals surface area contributed by atoms with Crippen LogP contribution in [0.2, 0.25) is 0 Å². The van der Waals surface area contributed by atoms with Crippen LogP contribution in [0, 0.1) is 22.7 Å². The average molecular weight is 341 g/mol. The molecule has 0 aromatic heterocycles. The van der Waals surface area contributed by atoms with E-state index >= 15 is 0 Å². The first kappa shape index (κ1) is 18.6. The number of carbonyl (C=O) groups excluding carboxylic acids is 1. The van der Waals surface area contributed by atoms with Gasteiger partial charge in [-0.05, 0) is 31.9 Å². The van der Waals surface area contributed by atoms with E-state index in [2.05, 4.69) is 6.07 Å². The number of methoxy groups -OCH3 is 1. The van der Waals surface area contributed by atoms with Crippen molar-refractivity contribution in [3.8, 4) is 23.6 Å². The van der Waals surface area contributed by atoms with Crippen molar-refractivity contribution in [2.45, 2.75) is 50.7 Å². The van der Waals surface area contributed by atoms with Crippen molar-refractivity contribution in [2.24, 2.45) is 0 Å². The first-order valence-electron chi connectivity index (χ1n) is 8.41. The molecule has 1 aromatic rings. The zero-order chi connectivity index (χ0) is 18.4. The number of amides is 1. The summed E-state index contributed by atoms with van der Waals surface area (Å²) >= 11 is 0. The van der Waals surface area contributed by atoms with Crippen molar-refractivity contribution in [2.75, 3.05) is 14.2 Å². The van der Waals surface area contributed by atoms with Crippen LogP contribution in [0.4, 0.5) is 0 Å². The van der Waals surface area contributed by atoms with Crippen LogP contribution in [0.3, 0.4) is 0 Å². The predicted molar refractivity (Wildman–Crippen MR) is 92.0 cm³/mol. The van der Waals surface area contributed by atoms with E-state index in [0.29, 0.717) is 29.9 Å². The van der Waals surface area contributed by atoms with Crippen molar-refractivity contribution in [1.82, 2.24) is 4.90 Å². The van der Waals surface area contributed by atoms with Crippen molar-refractivity contribution in [3.63, 3.8) is 0 Å². The number of rotatable bonds is 5. The highest BCUT2D eigenvalue weighted by Gasteiger charge is 2.40. The van der Waals surface area contributed by atoms with Gasteiger partial charge in [0.25, 0.3) is 5.91 Å². The van der Waals surface area contributed by atoms with Crippen LogP contribution >= 0.6 is 0 Å². The number of benzene rings is 1. The molecule has 0 aliphatic heterocycles. The minimum atomic E-state index is -0.765. The Morgan fingerprint density at radius 2 is 1.92 bits per heavy atom. The van der Waals surface area contributed by atoms with Crippen LogP contribution in [0.15, 0.2) is 18.2 Å². The van der Waals surface area contributed by atoms with Crippen LogP contribution in [0.5, 0.6) is 11.5 Å². The second-order valence-corrected chi connectivity index (χ2v) is 6.34. The molecule has 0 N–H and O–H groups in total. The number of ether oxygens (including phenoxy) is 2. The summed E-state index contributed by atoms with van der Waals surface area (Å²) in [4.78, 5) is 14.3. The van der Waals surface area contributed by atoms with Gasteiger partial charge in [-0.1, -0.05) is 19.3 Å². The van der Waals surface area contributed by atoms with E-state index in [1.165, 1.54) is 12.0 Å². The molecule has 1 atom stereocenters. The van der Waals surface area contributed by atoms with E-state index in [0.717, 1.165) is 19.3 Å². The maximum Gasteiger partial charge on any atom is 0.264 e.